The summed E-state index contributed by atoms with van der Waals surface area (Å²) in [6, 6.07) is 0. The molecule has 82 valence electrons. The predicted octanol–water partition coefficient (Wildman–Crippen LogP) is 2.51. The Hall–Kier alpha value is -1.21. The average Bonchev–Trinajstić information content (AvgIpc) is 1.97. The van der Waals surface area contributed by atoms with E-state index in [-0.39, 0.29) is 6.08 Å². The van der Waals surface area contributed by atoms with Crippen molar-refractivity contribution in [3.63, 3.8) is 0 Å². The summed E-state index contributed by atoms with van der Waals surface area (Å²) < 4.78 is 70.4. The van der Waals surface area contributed by atoms with E-state index >= 15 is 0 Å². The second kappa shape index (κ2) is 3.89. The molecule has 0 saturated heterocycles. The molecule has 0 amide bonds. The SMILES string of the molecule is O=C(O)C(F)=CCC(F)(F)C(F)(F)F. The standard InChI is InChI=1S/C6H4F6O2/c7-3(4(13)14)1-2-5(8,9)6(10,11)12/h1H,2H2,(H,13,14). The lowest BCUT2D eigenvalue weighted by molar-refractivity contribution is -0.280. The average molecular weight is 222 g/mol. The van der Waals surface area contributed by atoms with E-state index in [1.165, 1.54) is 0 Å². The van der Waals surface area contributed by atoms with Crippen molar-refractivity contribution in [2.75, 3.05) is 0 Å². The van der Waals surface area contributed by atoms with Gasteiger partial charge in [0.25, 0.3) is 0 Å². The summed E-state index contributed by atoms with van der Waals surface area (Å²) in [5.74, 6) is -9.36. The summed E-state index contributed by atoms with van der Waals surface area (Å²) in [7, 11) is 0. The van der Waals surface area contributed by atoms with Crippen LogP contribution in [-0.2, 0) is 4.79 Å². The second-order valence-electron chi connectivity index (χ2n) is 2.26. The maximum atomic E-state index is 12.0. The number of rotatable bonds is 3. The molecule has 14 heavy (non-hydrogen) atoms. The van der Waals surface area contributed by atoms with Crippen molar-refractivity contribution < 1.29 is 36.2 Å². The van der Waals surface area contributed by atoms with Gasteiger partial charge in [-0.1, -0.05) is 0 Å². The Morgan fingerprint density at radius 1 is 1.21 bits per heavy atom. The first-order valence-electron chi connectivity index (χ1n) is 3.11. The molecule has 0 fully saturated rings. The van der Waals surface area contributed by atoms with Crippen molar-refractivity contribution in [1.29, 1.82) is 0 Å². The van der Waals surface area contributed by atoms with Crippen molar-refractivity contribution >= 4 is 5.97 Å². The van der Waals surface area contributed by atoms with Gasteiger partial charge in [-0.15, -0.1) is 0 Å². The van der Waals surface area contributed by atoms with Crippen LogP contribution >= 0.6 is 0 Å². The van der Waals surface area contributed by atoms with Gasteiger partial charge in [0, 0.05) is 6.42 Å². The summed E-state index contributed by atoms with van der Waals surface area (Å²) in [5, 5.41) is 7.81. The van der Waals surface area contributed by atoms with Gasteiger partial charge in [0.15, 0.2) is 0 Å². The highest BCUT2D eigenvalue weighted by atomic mass is 19.4. The van der Waals surface area contributed by atoms with Gasteiger partial charge < -0.3 is 5.11 Å². The quantitative estimate of drug-likeness (QED) is 0.588. The molecule has 0 heterocycles. The number of halogens is 6. The van der Waals surface area contributed by atoms with Crippen molar-refractivity contribution in [2.45, 2.75) is 18.5 Å². The van der Waals surface area contributed by atoms with Crippen molar-refractivity contribution in [2.24, 2.45) is 0 Å². The molecule has 0 radical (unpaired) electrons. The van der Waals surface area contributed by atoms with Crippen LogP contribution in [0, 0.1) is 0 Å². The molecule has 0 bridgehead atoms. The van der Waals surface area contributed by atoms with Gasteiger partial charge in [0.05, 0.1) is 0 Å². The molecule has 0 atom stereocenters. The minimum absolute atomic E-state index is 0.324. The molecule has 0 aliphatic rings. The van der Waals surface area contributed by atoms with Gasteiger partial charge in [-0.2, -0.15) is 26.3 Å². The molecule has 0 saturated carbocycles. The molecule has 0 aromatic rings. The maximum absolute atomic E-state index is 12.0. The molecular formula is C6H4F6O2. The molecule has 0 aliphatic carbocycles. The van der Waals surface area contributed by atoms with Crippen LogP contribution < -0.4 is 0 Å². The van der Waals surface area contributed by atoms with E-state index in [1.54, 1.807) is 0 Å². The molecule has 0 unspecified atom stereocenters. The predicted molar refractivity (Wildman–Crippen MR) is 32.4 cm³/mol. The number of carbonyl (C=O) groups is 1. The summed E-state index contributed by atoms with van der Waals surface area (Å²) >= 11 is 0. The van der Waals surface area contributed by atoms with E-state index in [0.717, 1.165) is 0 Å². The van der Waals surface area contributed by atoms with Crippen LogP contribution in [0.2, 0.25) is 0 Å². The first kappa shape index (κ1) is 12.8. The Morgan fingerprint density at radius 2 is 1.64 bits per heavy atom. The zero-order valence-corrected chi connectivity index (χ0v) is 6.41. The van der Waals surface area contributed by atoms with E-state index < -0.39 is 30.3 Å². The number of carboxylic acids is 1. The summed E-state index contributed by atoms with van der Waals surface area (Å²) in [6.07, 6.45) is -8.17. The third kappa shape index (κ3) is 3.27. The smallest absolute Gasteiger partial charge is 0.453 e. The highest BCUT2D eigenvalue weighted by molar-refractivity contribution is 5.83. The fourth-order valence-corrected chi connectivity index (χ4v) is 0.421. The Bertz CT molecular complexity index is 254. The van der Waals surface area contributed by atoms with Crippen LogP contribution in [0.4, 0.5) is 26.3 Å². The molecule has 8 heteroatoms. The Labute approximate surface area is 73.8 Å². The summed E-state index contributed by atoms with van der Waals surface area (Å²) in [5.41, 5.74) is 0. The molecule has 0 rings (SSSR count). The Balaban J connectivity index is 4.55. The largest absolute Gasteiger partial charge is 0.476 e. The van der Waals surface area contributed by atoms with Gasteiger partial charge in [0.2, 0.25) is 5.83 Å². The number of allylic oxidation sites excluding steroid dienone is 1. The minimum Gasteiger partial charge on any atom is -0.476 e. The van der Waals surface area contributed by atoms with Crippen molar-refractivity contribution in [3.05, 3.63) is 11.9 Å². The monoisotopic (exact) mass is 222 g/mol. The number of aliphatic carboxylic acids is 1. The maximum Gasteiger partial charge on any atom is 0.453 e. The van der Waals surface area contributed by atoms with Crippen LogP contribution in [-0.4, -0.2) is 23.2 Å². The Kier molecular flexibility index (Phi) is 3.55. The summed E-state index contributed by atoms with van der Waals surface area (Å²) in [6.45, 7) is 0. The fraction of sp³-hybridized carbons (Fsp3) is 0.500. The van der Waals surface area contributed by atoms with Gasteiger partial charge in [0.1, 0.15) is 0 Å². The lowest BCUT2D eigenvalue weighted by Gasteiger charge is -2.17. The molecular weight excluding hydrogens is 218 g/mol. The lowest BCUT2D eigenvalue weighted by Crippen LogP contribution is -2.35. The van der Waals surface area contributed by atoms with Crippen LogP contribution in [0.3, 0.4) is 0 Å². The number of hydrogen-bond acceptors (Lipinski definition) is 1. The molecule has 0 aliphatic heterocycles. The van der Waals surface area contributed by atoms with Crippen molar-refractivity contribution in [1.82, 2.24) is 0 Å². The summed E-state index contributed by atoms with van der Waals surface area (Å²) in [4.78, 5) is 9.70. The van der Waals surface area contributed by atoms with E-state index in [4.69, 9.17) is 5.11 Å². The highest BCUT2D eigenvalue weighted by Crippen LogP contribution is 2.38. The topological polar surface area (TPSA) is 37.3 Å². The Morgan fingerprint density at radius 3 is 1.93 bits per heavy atom. The zero-order chi connectivity index (χ0) is 11.6. The minimum atomic E-state index is -5.82. The normalized spacial score (nSPS) is 14.3. The van der Waals surface area contributed by atoms with Crippen LogP contribution in [0.25, 0.3) is 0 Å². The number of carboxylic acid groups (broad SMARTS) is 1. The van der Waals surface area contributed by atoms with E-state index in [9.17, 15) is 31.1 Å². The van der Waals surface area contributed by atoms with Gasteiger partial charge in [-0.25, -0.2) is 4.79 Å². The first-order chi connectivity index (χ1) is 6.08. The van der Waals surface area contributed by atoms with E-state index in [2.05, 4.69) is 0 Å². The van der Waals surface area contributed by atoms with Crippen molar-refractivity contribution in [3.8, 4) is 0 Å². The molecule has 0 aromatic heterocycles. The highest BCUT2D eigenvalue weighted by Gasteiger charge is 2.56. The van der Waals surface area contributed by atoms with E-state index in [1.807, 2.05) is 0 Å². The molecule has 0 spiro atoms. The molecule has 0 aromatic carbocycles. The van der Waals surface area contributed by atoms with Gasteiger partial charge in [-0.05, 0) is 6.08 Å². The third-order valence-corrected chi connectivity index (χ3v) is 1.16. The van der Waals surface area contributed by atoms with Gasteiger partial charge >= 0.3 is 18.1 Å². The number of hydrogen-bond donors (Lipinski definition) is 1. The third-order valence-electron chi connectivity index (χ3n) is 1.16. The lowest BCUT2D eigenvalue weighted by atomic mass is 10.2. The van der Waals surface area contributed by atoms with Gasteiger partial charge in [-0.3, -0.25) is 0 Å². The first-order valence-corrected chi connectivity index (χ1v) is 3.11. The molecule has 2 nitrogen and oxygen atoms in total. The van der Waals surface area contributed by atoms with Crippen LogP contribution in [0.5, 0.6) is 0 Å². The second-order valence-corrected chi connectivity index (χ2v) is 2.26. The van der Waals surface area contributed by atoms with Crippen LogP contribution in [0.15, 0.2) is 11.9 Å². The fourth-order valence-electron chi connectivity index (χ4n) is 0.421. The zero-order valence-electron chi connectivity index (χ0n) is 6.41. The molecule has 1 N–H and O–H groups in total. The number of alkyl halides is 5. The van der Waals surface area contributed by atoms with Crippen LogP contribution in [0.1, 0.15) is 6.42 Å². The van der Waals surface area contributed by atoms with E-state index in [0.29, 0.717) is 0 Å².